The quantitative estimate of drug-likeness (QED) is 0.464. The highest BCUT2D eigenvalue weighted by molar-refractivity contribution is 5.89. The first-order valence-corrected chi connectivity index (χ1v) is 5.00. The third-order valence-corrected chi connectivity index (χ3v) is 2.14. The van der Waals surface area contributed by atoms with E-state index in [4.69, 9.17) is 14.6 Å². The van der Waals surface area contributed by atoms with Crippen molar-refractivity contribution in [1.82, 2.24) is 0 Å². The molecule has 0 aromatic heterocycles. The van der Waals surface area contributed by atoms with Crippen molar-refractivity contribution in [3.8, 4) is 0 Å². The van der Waals surface area contributed by atoms with Crippen molar-refractivity contribution >= 4 is 12.0 Å². The van der Waals surface area contributed by atoms with E-state index in [0.29, 0.717) is 13.2 Å². The predicted octanol–water partition coefficient (Wildman–Crippen LogP) is 1.53. The van der Waals surface area contributed by atoms with Gasteiger partial charge in [-0.05, 0) is 11.6 Å². The third-order valence-electron chi connectivity index (χ3n) is 2.14. The van der Waals surface area contributed by atoms with Crippen LogP contribution in [0.2, 0.25) is 0 Å². The second kappa shape index (κ2) is 4.81. The fraction of sp³-hybridized carbons (Fsp3) is 0.250. The second-order valence-electron chi connectivity index (χ2n) is 3.49. The molecule has 1 heterocycles. The molecule has 1 aromatic rings. The number of ether oxygens (including phenoxy) is 2. The van der Waals surface area contributed by atoms with Gasteiger partial charge in [0, 0.05) is 0 Å². The molecule has 0 spiro atoms. The first-order chi connectivity index (χ1) is 7.75. The Morgan fingerprint density at radius 1 is 1.50 bits per heavy atom. The first-order valence-electron chi connectivity index (χ1n) is 5.00. The molecule has 1 saturated heterocycles. The molecule has 1 atom stereocenters. The second-order valence-corrected chi connectivity index (χ2v) is 3.49. The Balaban J connectivity index is 2.05. The molecule has 1 unspecified atom stereocenters. The van der Waals surface area contributed by atoms with Crippen LogP contribution in [-0.2, 0) is 14.3 Å². The van der Waals surface area contributed by atoms with Crippen molar-refractivity contribution in [2.24, 2.45) is 0 Å². The minimum Gasteiger partial charge on any atom is -0.484 e. The fourth-order valence-corrected chi connectivity index (χ4v) is 1.21. The van der Waals surface area contributed by atoms with Crippen molar-refractivity contribution in [2.45, 2.75) is 6.10 Å². The molecule has 16 heavy (non-hydrogen) atoms. The molecule has 1 aliphatic heterocycles. The molecule has 4 heteroatoms. The lowest BCUT2D eigenvalue weighted by molar-refractivity contribution is -0.136. The molecule has 0 bridgehead atoms. The summed E-state index contributed by atoms with van der Waals surface area (Å²) in [6.45, 7) is 0.948. The smallest absolute Gasteiger partial charge is 0.371 e. The van der Waals surface area contributed by atoms with Gasteiger partial charge in [-0.15, -0.1) is 0 Å². The number of epoxide rings is 1. The lowest BCUT2D eigenvalue weighted by Gasteiger charge is -2.04. The van der Waals surface area contributed by atoms with Crippen molar-refractivity contribution in [2.75, 3.05) is 13.2 Å². The van der Waals surface area contributed by atoms with E-state index in [1.165, 1.54) is 6.08 Å². The van der Waals surface area contributed by atoms with Gasteiger partial charge >= 0.3 is 5.97 Å². The minimum absolute atomic E-state index is 0.0540. The van der Waals surface area contributed by atoms with Gasteiger partial charge in [0.05, 0.1) is 6.61 Å². The zero-order chi connectivity index (χ0) is 11.4. The monoisotopic (exact) mass is 220 g/mol. The summed E-state index contributed by atoms with van der Waals surface area (Å²) in [6, 6.07) is 9.20. The number of aliphatic carboxylic acids is 1. The van der Waals surface area contributed by atoms with Gasteiger partial charge in [-0.3, -0.25) is 0 Å². The van der Waals surface area contributed by atoms with Gasteiger partial charge in [0.25, 0.3) is 0 Å². The summed E-state index contributed by atoms with van der Waals surface area (Å²) in [5, 5.41) is 8.93. The summed E-state index contributed by atoms with van der Waals surface area (Å²) in [7, 11) is 0. The van der Waals surface area contributed by atoms with E-state index in [1.807, 2.05) is 30.3 Å². The average molecular weight is 220 g/mol. The maximum absolute atomic E-state index is 10.9. The average Bonchev–Trinajstić information content (AvgIpc) is 3.09. The molecular formula is C12H12O4. The van der Waals surface area contributed by atoms with Gasteiger partial charge in [0.1, 0.15) is 12.7 Å². The van der Waals surface area contributed by atoms with Crippen LogP contribution < -0.4 is 0 Å². The van der Waals surface area contributed by atoms with Gasteiger partial charge in [-0.2, -0.15) is 0 Å². The Morgan fingerprint density at radius 3 is 2.75 bits per heavy atom. The number of carboxylic acid groups (broad SMARTS) is 1. The van der Waals surface area contributed by atoms with E-state index in [9.17, 15) is 4.79 Å². The zero-order valence-corrected chi connectivity index (χ0v) is 8.63. The van der Waals surface area contributed by atoms with Gasteiger partial charge < -0.3 is 14.6 Å². The molecule has 1 N–H and O–H groups in total. The number of carbonyl (C=O) groups is 1. The SMILES string of the molecule is O=C(O)C(=Cc1ccccc1)OCC1CO1. The molecule has 1 aliphatic rings. The topological polar surface area (TPSA) is 59.1 Å². The van der Waals surface area contributed by atoms with Crippen LogP contribution in [0.3, 0.4) is 0 Å². The Morgan fingerprint density at radius 2 is 2.19 bits per heavy atom. The number of hydrogen-bond donors (Lipinski definition) is 1. The van der Waals surface area contributed by atoms with E-state index in [-0.39, 0.29) is 11.9 Å². The summed E-state index contributed by atoms with van der Waals surface area (Å²) < 4.78 is 10.1. The zero-order valence-electron chi connectivity index (χ0n) is 8.63. The van der Waals surface area contributed by atoms with Crippen LogP contribution in [0.1, 0.15) is 5.56 Å². The van der Waals surface area contributed by atoms with Gasteiger partial charge in [0.2, 0.25) is 5.76 Å². The molecule has 0 saturated carbocycles. The number of rotatable bonds is 5. The summed E-state index contributed by atoms with van der Waals surface area (Å²) in [5.74, 6) is -1.12. The molecular weight excluding hydrogens is 208 g/mol. The Kier molecular flexibility index (Phi) is 3.22. The standard InChI is InChI=1S/C12H12O4/c13-12(14)11(16-8-10-7-15-10)6-9-4-2-1-3-5-9/h1-6,10H,7-8H2,(H,13,14). The van der Waals surface area contributed by atoms with Crippen LogP contribution in [0, 0.1) is 0 Å². The van der Waals surface area contributed by atoms with Crippen molar-refractivity contribution in [1.29, 1.82) is 0 Å². The molecule has 1 fully saturated rings. The fourth-order valence-electron chi connectivity index (χ4n) is 1.21. The highest BCUT2D eigenvalue weighted by atomic mass is 16.6. The van der Waals surface area contributed by atoms with Crippen LogP contribution >= 0.6 is 0 Å². The van der Waals surface area contributed by atoms with Crippen molar-refractivity contribution < 1.29 is 19.4 Å². The van der Waals surface area contributed by atoms with E-state index in [2.05, 4.69) is 0 Å². The predicted molar refractivity (Wildman–Crippen MR) is 57.7 cm³/mol. The first kappa shape index (κ1) is 10.7. The van der Waals surface area contributed by atoms with Crippen LogP contribution in [-0.4, -0.2) is 30.4 Å². The molecule has 84 valence electrons. The molecule has 0 aliphatic carbocycles. The van der Waals surface area contributed by atoms with Gasteiger partial charge in [-0.25, -0.2) is 4.79 Å². The Bertz CT molecular complexity index is 393. The molecule has 4 nitrogen and oxygen atoms in total. The lowest BCUT2D eigenvalue weighted by Crippen LogP contribution is -2.09. The lowest BCUT2D eigenvalue weighted by atomic mass is 10.2. The summed E-state index contributed by atoms with van der Waals surface area (Å²) in [5.41, 5.74) is 0.802. The molecule has 1 aromatic carbocycles. The van der Waals surface area contributed by atoms with Gasteiger partial charge in [0.15, 0.2) is 0 Å². The maximum atomic E-state index is 10.9. The van der Waals surface area contributed by atoms with Crippen LogP contribution in [0.4, 0.5) is 0 Å². The van der Waals surface area contributed by atoms with Crippen LogP contribution in [0.25, 0.3) is 6.08 Å². The van der Waals surface area contributed by atoms with Crippen LogP contribution in [0.5, 0.6) is 0 Å². The number of benzene rings is 1. The number of carboxylic acids is 1. The van der Waals surface area contributed by atoms with E-state index >= 15 is 0 Å². The van der Waals surface area contributed by atoms with E-state index in [0.717, 1.165) is 5.56 Å². The molecule has 0 amide bonds. The Hall–Kier alpha value is -1.81. The normalized spacial score (nSPS) is 19.2. The summed E-state index contributed by atoms with van der Waals surface area (Å²) >= 11 is 0. The molecule has 2 rings (SSSR count). The van der Waals surface area contributed by atoms with Crippen molar-refractivity contribution in [3.63, 3.8) is 0 Å². The molecule has 0 radical (unpaired) electrons. The van der Waals surface area contributed by atoms with E-state index in [1.54, 1.807) is 0 Å². The maximum Gasteiger partial charge on any atom is 0.371 e. The third kappa shape index (κ3) is 3.10. The highest BCUT2D eigenvalue weighted by Crippen LogP contribution is 2.13. The largest absolute Gasteiger partial charge is 0.484 e. The van der Waals surface area contributed by atoms with Crippen molar-refractivity contribution in [3.05, 3.63) is 41.7 Å². The highest BCUT2D eigenvalue weighted by Gasteiger charge is 2.24. The van der Waals surface area contributed by atoms with Gasteiger partial charge in [-0.1, -0.05) is 30.3 Å². The minimum atomic E-state index is -1.07. The van der Waals surface area contributed by atoms with E-state index < -0.39 is 5.97 Å². The Labute approximate surface area is 93.1 Å². The summed E-state index contributed by atoms with van der Waals surface area (Å²) in [4.78, 5) is 10.9. The van der Waals surface area contributed by atoms with Crippen LogP contribution in [0.15, 0.2) is 36.1 Å². The number of hydrogen-bond acceptors (Lipinski definition) is 3. The summed E-state index contributed by atoms with van der Waals surface area (Å²) in [6.07, 6.45) is 1.56.